The Hall–Kier alpha value is -1.55. The van der Waals surface area contributed by atoms with Gasteiger partial charge in [-0.3, -0.25) is 4.79 Å². The molecule has 2 rings (SSSR count). The normalized spacial score (nSPS) is 20.4. The Morgan fingerprint density at radius 3 is 3.06 bits per heavy atom. The van der Waals surface area contributed by atoms with E-state index >= 15 is 0 Å². The molecule has 1 atom stereocenters. The molecule has 1 aliphatic rings. The van der Waals surface area contributed by atoms with Crippen molar-refractivity contribution in [1.82, 2.24) is 5.32 Å². The highest BCUT2D eigenvalue weighted by Gasteiger charge is 2.16. The number of rotatable bonds is 2. The summed E-state index contributed by atoms with van der Waals surface area (Å²) in [5.41, 5.74) is 6.83. The number of nitrogen functional groups attached to an aromatic ring is 1. The molecule has 0 aliphatic carbocycles. The maximum atomic E-state index is 11.8. The molecule has 0 bridgehead atoms. The van der Waals surface area contributed by atoms with Gasteiger partial charge in [0.15, 0.2) is 0 Å². The second-order valence-corrected chi connectivity index (χ2v) is 4.01. The van der Waals surface area contributed by atoms with Crippen molar-refractivity contribution in [1.29, 1.82) is 0 Å². The number of carbonyl (C=O) groups is 1. The van der Waals surface area contributed by atoms with Gasteiger partial charge in [0.05, 0.1) is 12.6 Å². The van der Waals surface area contributed by atoms with Crippen LogP contribution in [0.3, 0.4) is 0 Å². The van der Waals surface area contributed by atoms with Gasteiger partial charge in [0.25, 0.3) is 5.91 Å². The summed E-state index contributed by atoms with van der Waals surface area (Å²) in [7, 11) is 0. The van der Waals surface area contributed by atoms with E-state index in [-0.39, 0.29) is 11.9 Å². The van der Waals surface area contributed by atoms with Crippen LogP contribution in [0.25, 0.3) is 0 Å². The molecule has 0 radical (unpaired) electrons. The summed E-state index contributed by atoms with van der Waals surface area (Å²) in [4.78, 5) is 11.8. The fourth-order valence-electron chi connectivity index (χ4n) is 1.80. The molecule has 4 heteroatoms. The number of carbonyl (C=O) groups excluding carboxylic acids is 1. The Kier molecular flexibility index (Phi) is 3.41. The van der Waals surface area contributed by atoms with Crippen LogP contribution in [-0.2, 0) is 4.74 Å². The summed E-state index contributed by atoms with van der Waals surface area (Å²) < 4.78 is 5.30. The van der Waals surface area contributed by atoms with Crippen LogP contribution in [0.4, 0.5) is 5.69 Å². The van der Waals surface area contributed by atoms with E-state index in [0.29, 0.717) is 17.9 Å². The zero-order valence-electron chi connectivity index (χ0n) is 9.11. The van der Waals surface area contributed by atoms with Gasteiger partial charge in [0, 0.05) is 17.9 Å². The number of nitrogens with two attached hydrogens (primary N) is 1. The summed E-state index contributed by atoms with van der Waals surface area (Å²) in [6.07, 6.45) is 1.98. The average molecular weight is 220 g/mol. The molecule has 1 saturated heterocycles. The van der Waals surface area contributed by atoms with Gasteiger partial charge >= 0.3 is 0 Å². The molecule has 4 nitrogen and oxygen atoms in total. The van der Waals surface area contributed by atoms with E-state index < -0.39 is 0 Å². The number of nitrogens with one attached hydrogen (secondary N) is 1. The van der Waals surface area contributed by atoms with Gasteiger partial charge in [-0.1, -0.05) is 6.07 Å². The zero-order chi connectivity index (χ0) is 11.4. The van der Waals surface area contributed by atoms with E-state index in [4.69, 9.17) is 10.5 Å². The minimum Gasteiger partial charge on any atom is -0.399 e. The molecule has 16 heavy (non-hydrogen) atoms. The SMILES string of the molecule is Nc1cccc(C(=O)NC2CCCOC2)c1. The molecule has 0 aromatic heterocycles. The van der Waals surface area contributed by atoms with Gasteiger partial charge in [-0.2, -0.15) is 0 Å². The Balaban J connectivity index is 1.97. The maximum absolute atomic E-state index is 11.8. The standard InChI is InChI=1S/C12H16N2O2/c13-10-4-1-3-9(7-10)12(15)14-11-5-2-6-16-8-11/h1,3-4,7,11H,2,5-6,8,13H2,(H,14,15). The van der Waals surface area contributed by atoms with Crippen molar-refractivity contribution in [2.75, 3.05) is 18.9 Å². The summed E-state index contributed by atoms with van der Waals surface area (Å²) in [6.45, 7) is 1.40. The monoisotopic (exact) mass is 220 g/mol. The van der Waals surface area contributed by atoms with E-state index in [1.54, 1.807) is 24.3 Å². The first-order valence-corrected chi connectivity index (χ1v) is 5.50. The van der Waals surface area contributed by atoms with E-state index in [1.165, 1.54) is 0 Å². The number of ether oxygens (including phenoxy) is 1. The van der Waals surface area contributed by atoms with Crippen LogP contribution in [0.15, 0.2) is 24.3 Å². The van der Waals surface area contributed by atoms with Gasteiger partial charge in [0.2, 0.25) is 0 Å². The second-order valence-electron chi connectivity index (χ2n) is 4.01. The van der Waals surface area contributed by atoms with Crippen molar-refractivity contribution in [3.8, 4) is 0 Å². The lowest BCUT2D eigenvalue weighted by Gasteiger charge is -2.23. The number of benzene rings is 1. The molecule has 1 amide bonds. The lowest BCUT2D eigenvalue weighted by atomic mass is 10.1. The molecular weight excluding hydrogens is 204 g/mol. The number of anilines is 1. The topological polar surface area (TPSA) is 64.4 Å². The van der Waals surface area contributed by atoms with E-state index in [0.717, 1.165) is 19.4 Å². The lowest BCUT2D eigenvalue weighted by molar-refractivity contribution is 0.0624. The van der Waals surface area contributed by atoms with Crippen LogP contribution in [0.1, 0.15) is 23.2 Å². The van der Waals surface area contributed by atoms with Crippen molar-refractivity contribution in [3.05, 3.63) is 29.8 Å². The predicted octanol–water partition coefficient (Wildman–Crippen LogP) is 1.18. The largest absolute Gasteiger partial charge is 0.399 e. The third-order valence-electron chi connectivity index (χ3n) is 2.64. The van der Waals surface area contributed by atoms with E-state index in [2.05, 4.69) is 5.32 Å². The van der Waals surface area contributed by atoms with Crippen LogP contribution in [0.5, 0.6) is 0 Å². The molecule has 1 aromatic rings. The number of hydrogen-bond donors (Lipinski definition) is 2. The summed E-state index contributed by atoms with van der Waals surface area (Å²) >= 11 is 0. The Bertz CT molecular complexity index is 373. The van der Waals surface area contributed by atoms with Gasteiger partial charge in [-0.15, -0.1) is 0 Å². The quantitative estimate of drug-likeness (QED) is 0.735. The third kappa shape index (κ3) is 2.73. The third-order valence-corrected chi connectivity index (χ3v) is 2.64. The minimum atomic E-state index is -0.0807. The van der Waals surface area contributed by atoms with E-state index in [9.17, 15) is 4.79 Å². The second kappa shape index (κ2) is 4.99. The molecular formula is C12H16N2O2. The summed E-state index contributed by atoms with van der Waals surface area (Å²) in [5, 5.41) is 2.94. The highest BCUT2D eigenvalue weighted by molar-refractivity contribution is 5.95. The highest BCUT2D eigenvalue weighted by Crippen LogP contribution is 2.09. The van der Waals surface area contributed by atoms with Gasteiger partial charge < -0.3 is 15.8 Å². The molecule has 0 spiro atoms. The first kappa shape index (κ1) is 11.0. The molecule has 1 heterocycles. The van der Waals surface area contributed by atoms with Crippen molar-refractivity contribution >= 4 is 11.6 Å². The van der Waals surface area contributed by atoms with Crippen LogP contribution < -0.4 is 11.1 Å². The molecule has 86 valence electrons. The zero-order valence-corrected chi connectivity index (χ0v) is 9.11. The number of hydrogen-bond acceptors (Lipinski definition) is 3. The Labute approximate surface area is 94.8 Å². The average Bonchev–Trinajstić information content (AvgIpc) is 2.30. The molecule has 0 saturated carbocycles. The van der Waals surface area contributed by atoms with Crippen molar-refractivity contribution < 1.29 is 9.53 Å². The fourth-order valence-corrected chi connectivity index (χ4v) is 1.80. The first-order chi connectivity index (χ1) is 7.75. The summed E-state index contributed by atoms with van der Waals surface area (Å²) in [5.74, 6) is -0.0807. The Morgan fingerprint density at radius 1 is 1.50 bits per heavy atom. The molecule has 1 aromatic carbocycles. The van der Waals surface area contributed by atoms with Crippen molar-refractivity contribution in [3.63, 3.8) is 0 Å². The number of amides is 1. The van der Waals surface area contributed by atoms with Crippen LogP contribution in [0, 0.1) is 0 Å². The van der Waals surface area contributed by atoms with Crippen molar-refractivity contribution in [2.24, 2.45) is 0 Å². The molecule has 1 aliphatic heterocycles. The van der Waals surface area contributed by atoms with E-state index in [1.807, 2.05) is 0 Å². The molecule has 3 N–H and O–H groups in total. The smallest absolute Gasteiger partial charge is 0.251 e. The van der Waals surface area contributed by atoms with Gasteiger partial charge in [-0.25, -0.2) is 0 Å². The highest BCUT2D eigenvalue weighted by atomic mass is 16.5. The Morgan fingerprint density at radius 2 is 2.38 bits per heavy atom. The maximum Gasteiger partial charge on any atom is 0.251 e. The molecule has 1 fully saturated rings. The fraction of sp³-hybridized carbons (Fsp3) is 0.417. The molecule has 1 unspecified atom stereocenters. The first-order valence-electron chi connectivity index (χ1n) is 5.50. The van der Waals surface area contributed by atoms with Gasteiger partial charge in [0.1, 0.15) is 0 Å². The minimum absolute atomic E-state index is 0.0807. The van der Waals surface area contributed by atoms with Crippen LogP contribution >= 0.6 is 0 Å². The lowest BCUT2D eigenvalue weighted by Crippen LogP contribution is -2.40. The van der Waals surface area contributed by atoms with Crippen LogP contribution in [-0.4, -0.2) is 25.2 Å². The summed E-state index contributed by atoms with van der Waals surface area (Å²) in [6, 6.07) is 7.11. The van der Waals surface area contributed by atoms with Crippen LogP contribution in [0.2, 0.25) is 0 Å². The predicted molar refractivity (Wildman–Crippen MR) is 62.2 cm³/mol. The van der Waals surface area contributed by atoms with Gasteiger partial charge in [-0.05, 0) is 31.0 Å². The van der Waals surface area contributed by atoms with Crippen molar-refractivity contribution in [2.45, 2.75) is 18.9 Å².